The highest BCUT2D eigenvalue weighted by Crippen LogP contribution is 2.47. The van der Waals surface area contributed by atoms with Gasteiger partial charge in [-0.2, -0.15) is 0 Å². The number of carbonyl (C=O) groups is 1. The van der Waals surface area contributed by atoms with Gasteiger partial charge in [0.15, 0.2) is 11.5 Å². The van der Waals surface area contributed by atoms with Crippen molar-refractivity contribution in [3.63, 3.8) is 0 Å². The molecule has 0 fully saturated rings. The fourth-order valence-electron chi connectivity index (χ4n) is 3.21. The summed E-state index contributed by atoms with van der Waals surface area (Å²) in [6.07, 6.45) is 4.06. The third kappa shape index (κ3) is 3.69. The quantitative estimate of drug-likeness (QED) is 0.671. The molecule has 0 saturated heterocycles. The summed E-state index contributed by atoms with van der Waals surface area (Å²) in [5.41, 5.74) is 3.16. The molecule has 138 valence electrons. The topological polar surface area (TPSA) is 44.8 Å². The zero-order valence-electron chi connectivity index (χ0n) is 15.7. The van der Waals surface area contributed by atoms with Crippen LogP contribution >= 0.6 is 0 Å². The number of hydrogen-bond acceptors (Lipinski definition) is 4. The van der Waals surface area contributed by atoms with Crippen LogP contribution in [0.5, 0.6) is 11.5 Å². The van der Waals surface area contributed by atoms with Crippen LogP contribution in [0.25, 0.3) is 0 Å². The Balaban J connectivity index is 1.89. The number of benzene rings is 2. The third-order valence-electron chi connectivity index (χ3n) is 4.80. The molecule has 1 heterocycles. The summed E-state index contributed by atoms with van der Waals surface area (Å²) in [5.74, 6) is 0.335. The normalized spacial score (nSPS) is 18.0. The van der Waals surface area contributed by atoms with Gasteiger partial charge in [-0.3, -0.25) is 4.79 Å². The second-order valence-electron chi connectivity index (χ2n) is 6.65. The number of aryl methyl sites for hydroxylation is 1. The van der Waals surface area contributed by atoms with Gasteiger partial charge in [0, 0.05) is 12.0 Å². The van der Waals surface area contributed by atoms with E-state index in [1.807, 2.05) is 18.2 Å². The van der Waals surface area contributed by atoms with Crippen molar-refractivity contribution in [3.05, 3.63) is 59.2 Å². The maximum atomic E-state index is 11.5. The second kappa shape index (κ2) is 7.81. The molecule has 26 heavy (non-hydrogen) atoms. The first-order valence-electron chi connectivity index (χ1n) is 9.27. The number of esters is 1. The number of hydrogen-bond donors (Lipinski definition) is 0. The average molecular weight is 354 g/mol. The van der Waals surface area contributed by atoms with E-state index in [0.29, 0.717) is 11.5 Å². The molecule has 0 spiro atoms. The summed E-state index contributed by atoms with van der Waals surface area (Å²) in [4.78, 5) is 11.5. The van der Waals surface area contributed by atoms with E-state index in [4.69, 9.17) is 14.2 Å². The Kier molecular flexibility index (Phi) is 5.50. The van der Waals surface area contributed by atoms with E-state index in [0.717, 1.165) is 36.8 Å². The van der Waals surface area contributed by atoms with Crippen LogP contribution in [0.3, 0.4) is 0 Å². The standard InChI is InChI=1S/C22H26O4/c1-4-6-13-22(18-10-7-16(5-2)8-11-18)25-19-12-9-17(14-20(19)26-22)15-21(23)24-3/h7-12,14H,4-6,13,15H2,1-3H3. The fraction of sp³-hybridized carbons (Fsp3) is 0.409. The summed E-state index contributed by atoms with van der Waals surface area (Å²) < 4.78 is 17.4. The van der Waals surface area contributed by atoms with E-state index in [1.54, 1.807) is 0 Å². The van der Waals surface area contributed by atoms with Gasteiger partial charge in [-0.05, 0) is 36.1 Å². The molecule has 2 aromatic carbocycles. The smallest absolute Gasteiger partial charge is 0.309 e. The van der Waals surface area contributed by atoms with E-state index in [2.05, 4.69) is 38.1 Å². The highest BCUT2D eigenvalue weighted by molar-refractivity contribution is 5.72. The van der Waals surface area contributed by atoms with E-state index in [-0.39, 0.29) is 12.4 Å². The summed E-state index contributed by atoms with van der Waals surface area (Å²) in [6, 6.07) is 14.1. The van der Waals surface area contributed by atoms with Gasteiger partial charge in [0.05, 0.1) is 13.5 Å². The molecule has 0 saturated carbocycles. The maximum absolute atomic E-state index is 11.5. The van der Waals surface area contributed by atoms with Crippen LogP contribution in [-0.4, -0.2) is 13.1 Å². The molecule has 2 aromatic rings. The number of carbonyl (C=O) groups excluding carboxylic acids is 1. The molecule has 0 aliphatic carbocycles. The molecule has 0 radical (unpaired) electrons. The van der Waals surface area contributed by atoms with Crippen molar-refractivity contribution < 1.29 is 19.0 Å². The summed E-state index contributed by atoms with van der Waals surface area (Å²) in [6.45, 7) is 4.30. The molecule has 0 amide bonds. The highest BCUT2D eigenvalue weighted by atomic mass is 16.7. The van der Waals surface area contributed by atoms with Crippen LogP contribution < -0.4 is 9.47 Å². The molecule has 4 heteroatoms. The molecule has 0 N–H and O–H groups in total. The SMILES string of the molecule is CCCCC1(c2ccc(CC)cc2)Oc2ccc(CC(=O)OC)cc2O1. The van der Waals surface area contributed by atoms with Crippen LogP contribution in [0, 0.1) is 0 Å². The summed E-state index contributed by atoms with van der Waals surface area (Å²) in [7, 11) is 1.39. The summed E-state index contributed by atoms with van der Waals surface area (Å²) >= 11 is 0. The Morgan fingerprint density at radius 1 is 1.00 bits per heavy atom. The van der Waals surface area contributed by atoms with Crippen molar-refractivity contribution in [3.8, 4) is 11.5 Å². The van der Waals surface area contributed by atoms with Crippen LogP contribution in [0.15, 0.2) is 42.5 Å². The van der Waals surface area contributed by atoms with Crippen LogP contribution in [-0.2, 0) is 28.2 Å². The largest absolute Gasteiger partial charge is 0.469 e. The Morgan fingerprint density at radius 2 is 1.69 bits per heavy atom. The van der Waals surface area contributed by atoms with Crippen molar-refractivity contribution >= 4 is 5.97 Å². The Morgan fingerprint density at radius 3 is 2.35 bits per heavy atom. The van der Waals surface area contributed by atoms with Crippen LogP contribution in [0.4, 0.5) is 0 Å². The van der Waals surface area contributed by atoms with Crippen molar-refractivity contribution in [1.29, 1.82) is 0 Å². The molecule has 0 bridgehead atoms. The molecule has 1 aliphatic heterocycles. The molecule has 1 aliphatic rings. The molecular weight excluding hydrogens is 328 g/mol. The first-order valence-corrected chi connectivity index (χ1v) is 9.27. The van der Waals surface area contributed by atoms with Gasteiger partial charge in [0.1, 0.15) is 0 Å². The number of fused-ring (bicyclic) bond motifs is 1. The molecule has 4 nitrogen and oxygen atoms in total. The Bertz CT molecular complexity index is 766. The van der Waals surface area contributed by atoms with E-state index in [1.165, 1.54) is 12.7 Å². The van der Waals surface area contributed by atoms with E-state index < -0.39 is 5.79 Å². The fourth-order valence-corrected chi connectivity index (χ4v) is 3.21. The maximum Gasteiger partial charge on any atom is 0.309 e. The van der Waals surface area contributed by atoms with Gasteiger partial charge >= 0.3 is 5.97 Å². The lowest BCUT2D eigenvalue weighted by atomic mass is 9.98. The number of methoxy groups -OCH3 is 1. The van der Waals surface area contributed by atoms with E-state index in [9.17, 15) is 4.79 Å². The van der Waals surface area contributed by atoms with Crippen molar-refractivity contribution in [2.45, 2.75) is 51.7 Å². The van der Waals surface area contributed by atoms with Gasteiger partial charge in [0.2, 0.25) is 0 Å². The van der Waals surface area contributed by atoms with Gasteiger partial charge in [-0.25, -0.2) is 0 Å². The lowest BCUT2D eigenvalue weighted by molar-refractivity contribution is -0.139. The average Bonchev–Trinajstić information content (AvgIpc) is 3.05. The highest BCUT2D eigenvalue weighted by Gasteiger charge is 2.43. The summed E-state index contributed by atoms with van der Waals surface area (Å²) in [5, 5.41) is 0. The monoisotopic (exact) mass is 354 g/mol. The number of unbranched alkanes of at least 4 members (excludes halogenated alkanes) is 1. The lowest BCUT2D eigenvalue weighted by Gasteiger charge is -2.28. The minimum absolute atomic E-state index is 0.223. The van der Waals surface area contributed by atoms with Gasteiger partial charge < -0.3 is 14.2 Å². The van der Waals surface area contributed by atoms with Crippen molar-refractivity contribution in [1.82, 2.24) is 0 Å². The van der Waals surface area contributed by atoms with Crippen molar-refractivity contribution in [2.75, 3.05) is 7.11 Å². The van der Waals surface area contributed by atoms with Crippen molar-refractivity contribution in [2.24, 2.45) is 0 Å². The lowest BCUT2D eigenvalue weighted by Crippen LogP contribution is -2.35. The Labute approximate surface area is 155 Å². The predicted molar refractivity (Wildman–Crippen MR) is 100 cm³/mol. The van der Waals surface area contributed by atoms with Gasteiger partial charge in [0.25, 0.3) is 5.79 Å². The zero-order valence-corrected chi connectivity index (χ0v) is 15.7. The third-order valence-corrected chi connectivity index (χ3v) is 4.80. The van der Waals surface area contributed by atoms with Gasteiger partial charge in [-0.1, -0.05) is 50.6 Å². The van der Waals surface area contributed by atoms with Crippen LogP contribution in [0.1, 0.15) is 49.8 Å². The Hall–Kier alpha value is -2.49. The zero-order chi connectivity index (χ0) is 18.6. The molecular formula is C22H26O4. The number of ether oxygens (including phenoxy) is 3. The molecule has 1 unspecified atom stereocenters. The van der Waals surface area contributed by atoms with Gasteiger partial charge in [-0.15, -0.1) is 0 Å². The molecule has 0 aromatic heterocycles. The minimum atomic E-state index is -0.797. The first-order chi connectivity index (χ1) is 12.6. The van der Waals surface area contributed by atoms with Crippen LogP contribution in [0.2, 0.25) is 0 Å². The predicted octanol–water partition coefficient (Wildman–Crippen LogP) is 4.78. The molecule has 1 atom stereocenters. The second-order valence-corrected chi connectivity index (χ2v) is 6.65. The number of rotatable bonds is 7. The van der Waals surface area contributed by atoms with E-state index >= 15 is 0 Å². The minimum Gasteiger partial charge on any atom is -0.469 e. The molecule has 3 rings (SSSR count). The first kappa shape index (κ1) is 18.3.